The van der Waals surface area contributed by atoms with Gasteiger partial charge < -0.3 is 19.9 Å². The zero-order valence-corrected chi connectivity index (χ0v) is 13.7. The van der Waals surface area contributed by atoms with Gasteiger partial charge in [0, 0.05) is 55.4 Å². The molecule has 1 saturated heterocycles. The Kier molecular flexibility index (Phi) is 4.07. The fourth-order valence-corrected chi connectivity index (χ4v) is 3.25. The van der Waals surface area contributed by atoms with Crippen LogP contribution < -0.4 is 4.90 Å². The predicted molar refractivity (Wildman–Crippen MR) is 94.4 cm³/mol. The van der Waals surface area contributed by atoms with Crippen LogP contribution in [0.4, 0.5) is 5.69 Å². The molecule has 0 atom stereocenters. The molecule has 0 radical (unpaired) electrons. The number of rotatable bonds is 3. The minimum atomic E-state index is -0.0352. The predicted octanol–water partition coefficient (Wildman–Crippen LogP) is 1.41. The molecule has 3 heterocycles. The van der Waals surface area contributed by atoms with Crippen molar-refractivity contribution in [2.24, 2.45) is 0 Å². The molecule has 7 nitrogen and oxygen atoms in total. The molecule has 0 saturated carbocycles. The summed E-state index contributed by atoms with van der Waals surface area (Å²) in [4.78, 5) is 28.1. The number of H-pyrrole nitrogens is 1. The molecule has 1 aliphatic rings. The first-order valence-corrected chi connectivity index (χ1v) is 8.27. The number of fused-ring (bicyclic) bond motifs is 1. The van der Waals surface area contributed by atoms with Gasteiger partial charge in [0.05, 0.1) is 24.0 Å². The van der Waals surface area contributed by atoms with E-state index >= 15 is 0 Å². The lowest BCUT2D eigenvalue weighted by Crippen LogP contribution is -2.49. The molecule has 1 aliphatic heterocycles. The SMILES string of the molecule is O=C(c1ccc2nc[nH]c2c1)N1CCN(c2ccncc2CO)CC1. The smallest absolute Gasteiger partial charge is 0.254 e. The number of nitrogens with zero attached hydrogens (tertiary/aromatic N) is 4. The molecule has 4 rings (SSSR count). The Morgan fingerprint density at radius 2 is 2.04 bits per heavy atom. The third-order valence-corrected chi connectivity index (χ3v) is 4.62. The number of piperazine rings is 1. The monoisotopic (exact) mass is 337 g/mol. The van der Waals surface area contributed by atoms with Gasteiger partial charge in [0.2, 0.25) is 0 Å². The summed E-state index contributed by atoms with van der Waals surface area (Å²) in [5.74, 6) is 0.0354. The second kappa shape index (κ2) is 6.52. The molecular formula is C18H19N5O2. The van der Waals surface area contributed by atoms with Gasteiger partial charge in [0.1, 0.15) is 0 Å². The summed E-state index contributed by atoms with van der Waals surface area (Å²) >= 11 is 0. The Morgan fingerprint density at radius 1 is 1.20 bits per heavy atom. The van der Waals surface area contributed by atoms with Crippen LogP contribution in [0.2, 0.25) is 0 Å². The maximum Gasteiger partial charge on any atom is 0.254 e. The summed E-state index contributed by atoms with van der Waals surface area (Å²) in [6.45, 7) is 2.72. The van der Waals surface area contributed by atoms with Gasteiger partial charge in [-0.25, -0.2) is 4.98 Å². The molecule has 2 aromatic heterocycles. The molecule has 25 heavy (non-hydrogen) atoms. The Balaban J connectivity index is 1.46. The maximum atomic E-state index is 12.8. The normalized spacial score (nSPS) is 14.9. The number of imidazole rings is 1. The first-order valence-electron chi connectivity index (χ1n) is 8.27. The molecule has 1 aromatic carbocycles. The molecule has 0 spiro atoms. The lowest BCUT2D eigenvalue weighted by molar-refractivity contribution is 0.0746. The average Bonchev–Trinajstić information content (AvgIpc) is 3.15. The van der Waals surface area contributed by atoms with Crippen LogP contribution in [0, 0.1) is 0 Å². The molecule has 1 fully saturated rings. The fraction of sp³-hybridized carbons (Fsp3) is 0.278. The van der Waals surface area contributed by atoms with Crippen molar-refractivity contribution >= 4 is 22.6 Å². The van der Waals surface area contributed by atoms with Gasteiger partial charge in [-0.2, -0.15) is 0 Å². The fourth-order valence-electron chi connectivity index (χ4n) is 3.25. The van der Waals surface area contributed by atoms with E-state index in [-0.39, 0.29) is 12.5 Å². The van der Waals surface area contributed by atoms with Crippen LogP contribution >= 0.6 is 0 Å². The zero-order chi connectivity index (χ0) is 17.2. The molecule has 0 aliphatic carbocycles. The number of aliphatic hydroxyl groups excluding tert-OH is 1. The Morgan fingerprint density at radius 3 is 2.84 bits per heavy atom. The number of hydrogen-bond donors (Lipinski definition) is 2. The molecule has 7 heteroatoms. The van der Waals surface area contributed by atoms with E-state index in [0.717, 1.165) is 35.4 Å². The van der Waals surface area contributed by atoms with E-state index in [1.807, 2.05) is 29.2 Å². The number of aromatic nitrogens is 3. The molecular weight excluding hydrogens is 318 g/mol. The van der Waals surface area contributed by atoms with Crippen molar-refractivity contribution in [1.29, 1.82) is 0 Å². The topological polar surface area (TPSA) is 85.4 Å². The van der Waals surface area contributed by atoms with E-state index in [1.54, 1.807) is 18.7 Å². The number of pyridine rings is 1. The van der Waals surface area contributed by atoms with Gasteiger partial charge in [-0.05, 0) is 24.3 Å². The number of carbonyl (C=O) groups is 1. The second-order valence-electron chi connectivity index (χ2n) is 6.08. The third-order valence-electron chi connectivity index (χ3n) is 4.62. The highest BCUT2D eigenvalue weighted by atomic mass is 16.3. The summed E-state index contributed by atoms with van der Waals surface area (Å²) in [6, 6.07) is 7.45. The lowest BCUT2D eigenvalue weighted by Gasteiger charge is -2.36. The molecule has 2 N–H and O–H groups in total. The van der Waals surface area contributed by atoms with Crippen molar-refractivity contribution in [3.05, 3.63) is 54.1 Å². The van der Waals surface area contributed by atoms with Gasteiger partial charge in [-0.1, -0.05) is 0 Å². The number of aromatic amines is 1. The van der Waals surface area contributed by atoms with Gasteiger partial charge in [0.25, 0.3) is 5.91 Å². The van der Waals surface area contributed by atoms with Crippen LogP contribution in [0.15, 0.2) is 43.0 Å². The van der Waals surface area contributed by atoms with Crippen LogP contribution in [-0.4, -0.2) is 57.0 Å². The van der Waals surface area contributed by atoms with Gasteiger partial charge in [-0.3, -0.25) is 9.78 Å². The highest BCUT2D eigenvalue weighted by Gasteiger charge is 2.23. The first-order chi connectivity index (χ1) is 12.3. The van der Waals surface area contributed by atoms with Gasteiger partial charge >= 0.3 is 0 Å². The number of aliphatic hydroxyl groups is 1. The zero-order valence-electron chi connectivity index (χ0n) is 13.7. The molecule has 0 unspecified atom stereocenters. The molecule has 0 bridgehead atoms. The minimum absolute atomic E-state index is 0.0352. The van der Waals surface area contributed by atoms with Crippen LogP contribution in [0.5, 0.6) is 0 Å². The average molecular weight is 337 g/mol. The van der Waals surface area contributed by atoms with E-state index < -0.39 is 0 Å². The Labute approximate surface area is 144 Å². The number of benzene rings is 1. The second-order valence-corrected chi connectivity index (χ2v) is 6.08. The molecule has 128 valence electrons. The van der Waals surface area contributed by atoms with E-state index in [0.29, 0.717) is 18.7 Å². The molecule has 3 aromatic rings. The van der Waals surface area contributed by atoms with Crippen LogP contribution in [0.1, 0.15) is 15.9 Å². The van der Waals surface area contributed by atoms with Crippen molar-refractivity contribution in [3.63, 3.8) is 0 Å². The number of anilines is 1. The van der Waals surface area contributed by atoms with Gasteiger partial charge in [0.15, 0.2) is 0 Å². The van der Waals surface area contributed by atoms with Crippen molar-refractivity contribution in [3.8, 4) is 0 Å². The van der Waals surface area contributed by atoms with Gasteiger partial charge in [-0.15, -0.1) is 0 Å². The Hall–Kier alpha value is -2.93. The van der Waals surface area contributed by atoms with E-state index in [4.69, 9.17) is 0 Å². The quantitative estimate of drug-likeness (QED) is 0.755. The van der Waals surface area contributed by atoms with E-state index in [1.165, 1.54) is 0 Å². The van der Waals surface area contributed by atoms with Crippen molar-refractivity contribution in [1.82, 2.24) is 19.9 Å². The minimum Gasteiger partial charge on any atom is -0.392 e. The largest absolute Gasteiger partial charge is 0.392 e. The summed E-state index contributed by atoms with van der Waals surface area (Å²) in [6.07, 6.45) is 5.04. The molecule has 1 amide bonds. The van der Waals surface area contributed by atoms with Crippen molar-refractivity contribution in [2.45, 2.75) is 6.61 Å². The summed E-state index contributed by atoms with van der Waals surface area (Å²) < 4.78 is 0. The summed E-state index contributed by atoms with van der Waals surface area (Å²) in [5.41, 5.74) is 4.20. The lowest BCUT2D eigenvalue weighted by atomic mass is 10.1. The highest BCUT2D eigenvalue weighted by molar-refractivity contribution is 5.97. The standard InChI is InChI=1S/C18H19N5O2/c24-11-14-10-19-4-3-17(14)22-5-7-23(8-6-22)18(25)13-1-2-15-16(9-13)21-12-20-15/h1-4,9-10,12,24H,5-8,11H2,(H,20,21). The number of nitrogens with one attached hydrogen (secondary N) is 1. The van der Waals surface area contributed by atoms with Crippen LogP contribution in [-0.2, 0) is 6.61 Å². The number of hydrogen-bond acceptors (Lipinski definition) is 5. The third kappa shape index (κ3) is 2.94. The number of carbonyl (C=O) groups excluding carboxylic acids is 1. The first kappa shape index (κ1) is 15.6. The summed E-state index contributed by atoms with van der Waals surface area (Å²) in [5, 5.41) is 9.47. The number of amides is 1. The summed E-state index contributed by atoms with van der Waals surface area (Å²) in [7, 11) is 0. The van der Waals surface area contributed by atoms with E-state index in [2.05, 4.69) is 19.9 Å². The highest BCUT2D eigenvalue weighted by Crippen LogP contribution is 2.22. The van der Waals surface area contributed by atoms with E-state index in [9.17, 15) is 9.90 Å². The Bertz CT molecular complexity index is 899. The van der Waals surface area contributed by atoms with Crippen molar-refractivity contribution < 1.29 is 9.90 Å². The van der Waals surface area contributed by atoms with Crippen molar-refractivity contribution in [2.75, 3.05) is 31.1 Å². The van der Waals surface area contributed by atoms with Crippen LogP contribution in [0.3, 0.4) is 0 Å². The van der Waals surface area contributed by atoms with Crippen LogP contribution in [0.25, 0.3) is 11.0 Å². The maximum absolute atomic E-state index is 12.8.